The molecule has 0 bridgehead atoms. The van der Waals surface area contributed by atoms with Crippen LogP contribution in [0.5, 0.6) is 0 Å². The molecule has 0 radical (unpaired) electrons. The molecule has 0 aromatic heterocycles. The number of hydrogen-bond donors (Lipinski definition) is 2. The molecule has 0 spiro atoms. The van der Waals surface area contributed by atoms with Crippen molar-refractivity contribution in [2.24, 2.45) is 11.7 Å². The maximum Gasteiger partial charge on any atom is 0.324 e. The topological polar surface area (TPSA) is 104 Å². The highest BCUT2D eigenvalue weighted by Crippen LogP contribution is 2.42. The zero-order chi connectivity index (χ0) is 22.6. The Hall–Kier alpha value is -3.40. The van der Waals surface area contributed by atoms with Gasteiger partial charge in [-0.15, -0.1) is 0 Å². The van der Waals surface area contributed by atoms with Crippen molar-refractivity contribution >= 4 is 34.7 Å². The number of aliphatic carboxylic acids is 1. The Morgan fingerprint density at radius 3 is 2.32 bits per heavy atom. The molecule has 2 aromatic carbocycles. The molecule has 2 heterocycles. The molecule has 1 fully saturated rings. The molecule has 31 heavy (non-hydrogen) atoms. The smallest absolute Gasteiger partial charge is 0.324 e. The van der Waals surface area contributed by atoms with Gasteiger partial charge in [0.1, 0.15) is 17.5 Å². The molecule has 10 heteroatoms. The standard InChI is InChI=1S/C21H18F3N3O4/c1-9-4-11(25)8-26(9)17-7-16-12(6-14(17)24)19(28)18(21(30)31)20(29)27(16)15-3-2-10(22)5-13(15)23/h2-3,5-7,9,11,18H,4,8,25H2,1H3,(H,30,31)/t9-,11-,18?/m0/s1. The lowest BCUT2D eigenvalue weighted by atomic mass is 9.89. The second-order valence-corrected chi connectivity index (χ2v) is 7.72. The van der Waals surface area contributed by atoms with E-state index in [4.69, 9.17) is 5.73 Å². The number of carboxylic acids is 1. The van der Waals surface area contributed by atoms with Crippen LogP contribution in [-0.4, -0.2) is 41.4 Å². The normalized spacial score (nSPS) is 23.3. The average molecular weight is 433 g/mol. The molecule has 1 unspecified atom stereocenters. The molecule has 0 aliphatic carbocycles. The van der Waals surface area contributed by atoms with Gasteiger partial charge in [0, 0.05) is 30.3 Å². The molecular weight excluding hydrogens is 415 g/mol. The summed E-state index contributed by atoms with van der Waals surface area (Å²) in [4.78, 5) is 39.6. The van der Waals surface area contributed by atoms with Crippen molar-refractivity contribution < 1.29 is 32.7 Å². The van der Waals surface area contributed by atoms with E-state index in [1.807, 2.05) is 6.92 Å². The summed E-state index contributed by atoms with van der Waals surface area (Å²) in [5.74, 6) is -9.11. The maximum absolute atomic E-state index is 15.0. The van der Waals surface area contributed by atoms with Crippen LogP contribution in [0.2, 0.25) is 0 Å². The molecule has 3 N–H and O–H groups in total. The lowest BCUT2D eigenvalue weighted by Crippen LogP contribution is -2.46. The van der Waals surface area contributed by atoms with Crippen molar-refractivity contribution in [2.75, 3.05) is 16.3 Å². The van der Waals surface area contributed by atoms with Gasteiger partial charge < -0.3 is 15.7 Å². The van der Waals surface area contributed by atoms with Gasteiger partial charge in [-0.3, -0.25) is 19.3 Å². The number of hydrogen-bond acceptors (Lipinski definition) is 5. The van der Waals surface area contributed by atoms with Gasteiger partial charge >= 0.3 is 5.97 Å². The molecule has 3 atom stereocenters. The Bertz CT molecular complexity index is 1120. The van der Waals surface area contributed by atoms with Crippen molar-refractivity contribution in [3.05, 3.63) is 53.3 Å². The number of carbonyl (C=O) groups is 3. The van der Waals surface area contributed by atoms with Crippen LogP contribution in [0.25, 0.3) is 0 Å². The monoisotopic (exact) mass is 433 g/mol. The molecule has 2 aromatic rings. The van der Waals surface area contributed by atoms with Gasteiger partial charge in [-0.25, -0.2) is 13.2 Å². The highest BCUT2D eigenvalue weighted by molar-refractivity contribution is 6.31. The van der Waals surface area contributed by atoms with Crippen LogP contribution >= 0.6 is 0 Å². The fraction of sp³-hybridized carbons (Fsp3) is 0.286. The number of benzene rings is 2. The number of ketones is 1. The predicted octanol–water partition coefficient (Wildman–Crippen LogP) is 2.59. The summed E-state index contributed by atoms with van der Waals surface area (Å²) >= 11 is 0. The van der Waals surface area contributed by atoms with Crippen molar-refractivity contribution in [2.45, 2.75) is 25.4 Å². The lowest BCUT2D eigenvalue weighted by Gasteiger charge is -2.34. The van der Waals surface area contributed by atoms with E-state index in [0.29, 0.717) is 23.9 Å². The number of halogens is 3. The van der Waals surface area contributed by atoms with Crippen LogP contribution in [-0.2, 0) is 9.59 Å². The summed E-state index contributed by atoms with van der Waals surface area (Å²) < 4.78 is 43.0. The zero-order valence-corrected chi connectivity index (χ0v) is 16.3. The van der Waals surface area contributed by atoms with Crippen LogP contribution in [0.4, 0.5) is 30.2 Å². The van der Waals surface area contributed by atoms with Gasteiger partial charge in [0.2, 0.25) is 0 Å². The van der Waals surface area contributed by atoms with Crippen molar-refractivity contribution in [1.82, 2.24) is 0 Å². The third kappa shape index (κ3) is 3.32. The van der Waals surface area contributed by atoms with E-state index in [-0.39, 0.29) is 29.0 Å². The fourth-order valence-electron chi connectivity index (χ4n) is 4.21. The maximum atomic E-state index is 15.0. The average Bonchev–Trinajstić information content (AvgIpc) is 3.01. The molecule has 1 saturated heterocycles. The number of Topliss-reactive ketones (excluding diaryl/α,β-unsaturated/α-hetero) is 1. The van der Waals surface area contributed by atoms with Crippen LogP contribution in [0.3, 0.4) is 0 Å². The zero-order valence-electron chi connectivity index (χ0n) is 16.3. The van der Waals surface area contributed by atoms with Gasteiger partial charge in [-0.2, -0.15) is 0 Å². The Morgan fingerprint density at radius 2 is 1.74 bits per heavy atom. The molecule has 2 aliphatic rings. The van der Waals surface area contributed by atoms with E-state index in [2.05, 4.69) is 0 Å². The Kier molecular flexibility index (Phi) is 4.97. The SMILES string of the molecule is C[C@H]1C[C@H](N)CN1c1cc2c(cc1F)C(=O)C(C(=O)O)C(=O)N2c1ccc(F)cc1F. The van der Waals surface area contributed by atoms with Gasteiger partial charge in [0.05, 0.1) is 17.1 Å². The van der Waals surface area contributed by atoms with E-state index in [1.54, 1.807) is 4.90 Å². The van der Waals surface area contributed by atoms with Crippen LogP contribution in [0.15, 0.2) is 30.3 Å². The van der Waals surface area contributed by atoms with Crippen LogP contribution < -0.4 is 15.5 Å². The number of anilines is 3. The quantitative estimate of drug-likeness (QED) is 0.722. The molecule has 7 nitrogen and oxygen atoms in total. The van der Waals surface area contributed by atoms with E-state index >= 15 is 0 Å². The first kappa shape index (κ1) is 20.9. The summed E-state index contributed by atoms with van der Waals surface area (Å²) in [7, 11) is 0. The summed E-state index contributed by atoms with van der Waals surface area (Å²) in [5.41, 5.74) is 4.99. The molecule has 2 aliphatic heterocycles. The van der Waals surface area contributed by atoms with Gasteiger partial charge in [0.15, 0.2) is 11.7 Å². The third-order valence-electron chi connectivity index (χ3n) is 5.62. The Balaban J connectivity index is 1.95. The fourth-order valence-corrected chi connectivity index (χ4v) is 4.21. The molecule has 1 amide bonds. The first-order valence-corrected chi connectivity index (χ1v) is 9.52. The van der Waals surface area contributed by atoms with Crippen LogP contribution in [0.1, 0.15) is 23.7 Å². The minimum Gasteiger partial charge on any atom is -0.480 e. The van der Waals surface area contributed by atoms with Crippen molar-refractivity contribution in [3.8, 4) is 0 Å². The second-order valence-electron chi connectivity index (χ2n) is 7.72. The predicted molar refractivity (Wildman–Crippen MR) is 105 cm³/mol. The molecule has 0 saturated carbocycles. The third-order valence-corrected chi connectivity index (χ3v) is 5.62. The number of rotatable bonds is 3. The Labute approximate surface area is 174 Å². The van der Waals surface area contributed by atoms with E-state index in [9.17, 15) is 32.7 Å². The first-order valence-electron chi connectivity index (χ1n) is 9.52. The number of carboxylic acid groups (broad SMARTS) is 1. The van der Waals surface area contributed by atoms with E-state index in [1.165, 1.54) is 6.07 Å². The minimum absolute atomic E-state index is 0.0427. The molecular formula is C21H18F3N3O4. The van der Waals surface area contributed by atoms with E-state index < -0.39 is 46.7 Å². The van der Waals surface area contributed by atoms with Crippen LogP contribution in [0, 0.1) is 23.4 Å². The lowest BCUT2D eigenvalue weighted by molar-refractivity contribution is -0.143. The number of fused-ring (bicyclic) bond motifs is 1. The highest BCUT2D eigenvalue weighted by Gasteiger charge is 2.46. The summed E-state index contributed by atoms with van der Waals surface area (Å²) in [6, 6.07) is 4.08. The minimum atomic E-state index is -2.18. The highest BCUT2D eigenvalue weighted by atomic mass is 19.1. The number of nitrogens with zero attached hydrogens (tertiary/aromatic N) is 2. The van der Waals surface area contributed by atoms with Gasteiger partial charge in [-0.1, -0.05) is 0 Å². The van der Waals surface area contributed by atoms with Crippen molar-refractivity contribution in [1.29, 1.82) is 0 Å². The molecule has 162 valence electrons. The van der Waals surface area contributed by atoms with E-state index in [0.717, 1.165) is 18.2 Å². The van der Waals surface area contributed by atoms with Crippen molar-refractivity contribution in [3.63, 3.8) is 0 Å². The number of amides is 1. The summed E-state index contributed by atoms with van der Waals surface area (Å²) in [6.45, 7) is 2.15. The van der Waals surface area contributed by atoms with Gasteiger partial charge in [-0.05, 0) is 37.6 Å². The summed E-state index contributed by atoms with van der Waals surface area (Å²) in [6.07, 6.45) is 0.589. The number of nitrogens with two attached hydrogens (primary N) is 1. The summed E-state index contributed by atoms with van der Waals surface area (Å²) in [5, 5.41) is 9.41. The Morgan fingerprint density at radius 1 is 1.06 bits per heavy atom. The second kappa shape index (κ2) is 7.38. The molecule has 4 rings (SSSR count). The largest absolute Gasteiger partial charge is 0.480 e. The van der Waals surface area contributed by atoms with Gasteiger partial charge in [0.25, 0.3) is 5.91 Å². The number of carbonyl (C=O) groups excluding carboxylic acids is 2. The first-order chi connectivity index (χ1) is 14.6.